The number of hydrogen-bond donors (Lipinski definition) is 1. The number of nitrogens with one attached hydrogen (secondary N) is 1. The normalized spacial score (nSPS) is 20.9. The molecule has 1 N–H and O–H groups in total. The number of aromatic nitrogens is 3. The van der Waals surface area contributed by atoms with Crippen molar-refractivity contribution in [3.05, 3.63) is 59.7 Å². The number of fused-ring (bicyclic) bond motifs is 2. The summed E-state index contributed by atoms with van der Waals surface area (Å²) in [4.78, 5) is 25.7. The third kappa shape index (κ3) is 4.02. The van der Waals surface area contributed by atoms with Gasteiger partial charge in [-0.2, -0.15) is 0 Å². The van der Waals surface area contributed by atoms with Crippen LogP contribution in [0.4, 0.5) is 5.82 Å². The lowest BCUT2D eigenvalue weighted by molar-refractivity contribution is -0.119. The minimum absolute atomic E-state index is 0.0387. The Balaban J connectivity index is 1.35. The third-order valence-electron chi connectivity index (χ3n) is 6.55. The van der Waals surface area contributed by atoms with E-state index >= 15 is 0 Å². The van der Waals surface area contributed by atoms with Crippen LogP contribution in [0.1, 0.15) is 49.2 Å². The van der Waals surface area contributed by atoms with Crippen LogP contribution in [0.15, 0.2) is 42.7 Å². The van der Waals surface area contributed by atoms with Crippen molar-refractivity contribution in [2.45, 2.75) is 51.2 Å². The first-order chi connectivity index (χ1) is 15.1. The van der Waals surface area contributed by atoms with E-state index in [-0.39, 0.29) is 11.9 Å². The summed E-state index contributed by atoms with van der Waals surface area (Å²) < 4.78 is 2.19. The maximum Gasteiger partial charge on any atom is 0.217 e. The number of aryl methyl sites for hydroxylation is 1. The van der Waals surface area contributed by atoms with E-state index in [1.807, 2.05) is 12.3 Å². The summed E-state index contributed by atoms with van der Waals surface area (Å²) in [5.74, 6) is 1.17. The number of amides is 1. The Kier molecular flexibility index (Phi) is 5.36. The molecule has 0 saturated carbocycles. The van der Waals surface area contributed by atoms with Crippen molar-refractivity contribution in [2.24, 2.45) is 0 Å². The van der Waals surface area contributed by atoms with Crippen molar-refractivity contribution in [3.63, 3.8) is 0 Å². The minimum atomic E-state index is 0.0387. The lowest BCUT2D eigenvalue weighted by atomic mass is 9.91. The van der Waals surface area contributed by atoms with Crippen LogP contribution in [0.2, 0.25) is 0 Å². The van der Waals surface area contributed by atoms with E-state index in [0.29, 0.717) is 6.04 Å². The fourth-order valence-corrected chi connectivity index (χ4v) is 5.13. The topological polar surface area (TPSA) is 65.8 Å². The van der Waals surface area contributed by atoms with Crippen molar-refractivity contribution < 1.29 is 4.79 Å². The molecule has 0 unspecified atom stereocenters. The average molecular weight is 419 g/mol. The van der Waals surface area contributed by atoms with Gasteiger partial charge in [0.1, 0.15) is 11.5 Å². The number of nitrogens with zero attached hydrogens (tertiary/aromatic N) is 5. The smallest absolute Gasteiger partial charge is 0.217 e. The molecule has 4 heterocycles. The molecule has 3 aromatic heterocycles. The molecule has 0 spiro atoms. The fraction of sp³-hybridized carbons (Fsp3) is 0.458. The predicted molar refractivity (Wildman–Crippen MR) is 121 cm³/mol. The Labute approximate surface area is 183 Å². The van der Waals surface area contributed by atoms with E-state index < -0.39 is 0 Å². The van der Waals surface area contributed by atoms with Crippen molar-refractivity contribution in [3.8, 4) is 0 Å². The van der Waals surface area contributed by atoms with Gasteiger partial charge in [0.15, 0.2) is 0 Å². The van der Waals surface area contributed by atoms with E-state index in [9.17, 15) is 4.79 Å². The highest BCUT2D eigenvalue weighted by molar-refractivity contribution is 5.73. The molecule has 162 valence electrons. The number of imidazole rings is 1. The van der Waals surface area contributed by atoms with Gasteiger partial charge >= 0.3 is 0 Å². The summed E-state index contributed by atoms with van der Waals surface area (Å²) in [6, 6.07) is 11.1. The van der Waals surface area contributed by atoms with Gasteiger partial charge in [0.2, 0.25) is 5.91 Å². The van der Waals surface area contributed by atoms with Gasteiger partial charge in [-0.1, -0.05) is 12.1 Å². The maximum absolute atomic E-state index is 11.4. The largest absolute Gasteiger partial charge is 0.356 e. The molecule has 7 nitrogen and oxygen atoms in total. The summed E-state index contributed by atoms with van der Waals surface area (Å²) in [5, 5.41) is 3.05. The second-order valence-corrected chi connectivity index (χ2v) is 8.85. The van der Waals surface area contributed by atoms with E-state index in [0.717, 1.165) is 56.1 Å². The third-order valence-corrected chi connectivity index (χ3v) is 6.55. The quantitative estimate of drug-likeness (QED) is 0.690. The minimum Gasteiger partial charge on any atom is -0.356 e. The van der Waals surface area contributed by atoms with Crippen LogP contribution >= 0.6 is 0 Å². The highest BCUT2D eigenvalue weighted by atomic mass is 16.1. The number of carbonyl (C=O) groups is 1. The zero-order chi connectivity index (χ0) is 21.4. The molecule has 1 aliphatic heterocycles. The number of carbonyl (C=O) groups excluding carboxylic acids is 1. The van der Waals surface area contributed by atoms with Gasteiger partial charge in [0, 0.05) is 45.0 Å². The number of anilines is 1. The standard InChI is InChI=1S/C24H30N6O/c1-17(31)26-19-11-13-29(15-19)23-10-4-9-22-27-20(16-30(22)23)14-28(2)21-8-3-6-18-7-5-12-25-24(18)21/h4-5,7,9-10,12,16,19,21H,3,6,8,11,13-15H2,1-2H3,(H,26,31)/t19-,21+/m1/s1. The first-order valence-electron chi connectivity index (χ1n) is 11.2. The molecule has 5 rings (SSSR count). The molecule has 2 atom stereocenters. The summed E-state index contributed by atoms with van der Waals surface area (Å²) in [5.41, 5.74) is 4.63. The highest BCUT2D eigenvalue weighted by Crippen LogP contribution is 2.32. The van der Waals surface area contributed by atoms with Gasteiger partial charge in [-0.25, -0.2) is 4.98 Å². The summed E-state index contributed by atoms with van der Waals surface area (Å²) in [6.45, 7) is 4.14. The first kappa shape index (κ1) is 20.0. The Bertz CT molecular complexity index is 1090. The second kappa shape index (κ2) is 8.30. The average Bonchev–Trinajstić information content (AvgIpc) is 3.39. The molecule has 1 aliphatic carbocycles. The Morgan fingerprint density at radius 2 is 2.16 bits per heavy atom. The second-order valence-electron chi connectivity index (χ2n) is 8.85. The number of rotatable bonds is 5. The zero-order valence-corrected chi connectivity index (χ0v) is 18.3. The molecule has 1 saturated heterocycles. The Hall–Kier alpha value is -2.93. The molecule has 0 aromatic carbocycles. The molecule has 31 heavy (non-hydrogen) atoms. The summed E-state index contributed by atoms with van der Waals surface area (Å²) >= 11 is 0. The van der Waals surface area contributed by atoms with Crippen LogP contribution in [-0.2, 0) is 17.8 Å². The highest BCUT2D eigenvalue weighted by Gasteiger charge is 2.27. The molecule has 2 aliphatic rings. The van der Waals surface area contributed by atoms with Gasteiger partial charge < -0.3 is 10.2 Å². The Morgan fingerprint density at radius 1 is 1.26 bits per heavy atom. The fourth-order valence-electron chi connectivity index (χ4n) is 5.13. The first-order valence-corrected chi connectivity index (χ1v) is 11.2. The van der Waals surface area contributed by atoms with Crippen LogP contribution in [-0.4, -0.2) is 51.4 Å². The number of hydrogen-bond acceptors (Lipinski definition) is 5. The van der Waals surface area contributed by atoms with E-state index in [4.69, 9.17) is 9.97 Å². The monoisotopic (exact) mass is 418 g/mol. The molecule has 3 aromatic rings. The van der Waals surface area contributed by atoms with Gasteiger partial charge in [-0.05, 0) is 56.5 Å². The zero-order valence-electron chi connectivity index (χ0n) is 18.3. The van der Waals surface area contributed by atoms with Crippen LogP contribution < -0.4 is 10.2 Å². The summed E-state index contributed by atoms with van der Waals surface area (Å²) in [6.07, 6.45) is 8.50. The predicted octanol–water partition coefficient (Wildman–Crippen LogP) is 2.95. The molecule has 1 fully saturated rings. The molecule has 0 bridgehead atoms. The maximum atomic E-state index is 11.4. The SMILES string of the molecule is CC(=O)N[C@@H]1CCN(c2cccc3nc(CN(C)[C@H]4CCCc5cccnc54)cn23)C1. The van der Waals surface area contributed by atoms with Crippen molar-refractivity contribution in [1.82, 2.24) is 24.6 Å². The van der Waals surface area contributed by atoms with E-state index in [2.05, 4.69) is 57.0 Å². The van der Waals surface area contributed by atoms with E-state index in [1.54, 1.807) is 6.92 Å². The molecule has 1 amide bonds. The number of pyridine rings is 2. The molecule has 7 heteroatoms. The van der Waals surface area contributed by atoms with Crippen LogP contribution in [0, 0.1) is 0 Å². The Morgan fingerprint density at radius 3 is 3.03 bits per heavy atom. The van der Waals surface area contributed by atoms with Crippen LogP contribution in [0.3, 0.4) is 0 Å². The molecule has 0 radical (unpaired) electrons. The van der Waals surface area contributed by atoms with Crippen molar-refractivity contribution in [1.29, 1.82) is 0 Å². The van der Waals surface area contributed by atoms with Gasteiger partial charge in [-0.3, -0.25) is 19.1 Å². The van der Waals surface area contributed by atoms with Crippen molar-refractivity contribution in [2.75, 3.05) is 25.0 Å². The van der Waals surface area contributed by atoms with Crippen LogP contribution in [0.25, 0.3) is 5.65 Å². The van der Waals surface area contributed by atoms with Crippen LogP contribution in [0.5, 0.6) is 0 Å². The lowest BCUT2D eigenvalue weighted by Gasteiger charge is -2.31. The summed E-state index contributed by atoms with van der Waals surface area (Å²) in [7, 11) is 2.18. The van der Waals surface area contributed by atoms with Gasteiger partial charge in [0.05, 0.1) is 17.4 Å². The van der Waals surface area contributed by atoms with E-state index in [1.165, 1.54) is 17.7 Å². The van der Waals surface area contributed by atoms with Crippen molar-refractivity contribution >= 4 is 17.4 Å². The molecular formula is C24H30N6O. The molecular weight excluding hydrogens is 388 g/mol. The lowest BCUT2D eigenvalue weighted by Crippen LogP contribution is -2.35. The van der Waals surface area contributed by atoms with Gasteiger partial charge in [-0.15, -0.1) is 0 Å². The van der Waals surface area contributed by atoms with Gasteiger partial charge in [0.25, 0.3) is 0 Å².